The van der Waals surface area contributed by atoms with Gasteiger partial charge in [-0.15, -0.1) is 10.2 Å². The summed E-state index contributed by atoms with van der Waals surface area (Å²) in [7, 11) is 0. The van der Waals surface area contributed by atoms with E-state index in [-0.39, 0.29) is 11.7 Å². The highest BCUT2D eigenvalue weighted by molar-refractivity contribution is 5.76. The molecule has 1 aliphatic heterocycles. The minimum Gasteiger partial charge on any atom is -0.341 e. The minimum atomic E-state index is -0.297. The summed E-state index contributed by atoms with van der Waals surface area (Å²) in [6, 6.07) is 6.51. The third-order valence-corrected chi connectivity index (χ3v) is 4.92. The summed E-state index contributed by atoms with van der Waals surface area (Å²) in [4.78, 5) is 18.4. The van der Waals surface area contributed by atoms with Crippen LogP contribution in [0.3, 0.4) is 0 Å². The molecule has 1 aromatic heterocycles. The van der Waals surface area contributed by atoms with Gasteiger partial charge in [-0.05, 0) is 56.2 Å². The Morgan fingerprint density at radius 3 is 2.67 bits per heavy atom. The standard InChI is InChI=1S/C19H27FN6O/c1-15(2)24-10-4-11-25(14-13-24)18(27)5-3-12-26-22-19(21-23-26)16-6-8-17(20)9-7-16/h6-9,15H,3-5,10-14H2,1-2H3. The van der Waals surface area contributed by atoms with E-state index < -0.39 is 0 Å². The van der Waals surface area contributed by atoms with Crippen LogP contribution in [0.15, 0.2) is 24.3 Å². The molecular weight excluding hydrogens is 347 g/mol. The van der Waals surface area contributed by atoms with Gasteiger partial charge in [0.25, 0.3) is 0 Å². The van der Waals surface area contributed by atoms with Crippen LogP contribution in [0.25, 0.3) is 11.4 Å². The van der Waals surface area contributed by atoms with Crippen molar-refractivity contribution in [3.8, 4) is 11.4 Å². The lowest BCUT2D eigenvalue weighted by Gasteiger charge is -2.24. The van der Waals surface area contributed by atoms with Crippen molar-refractivity contribution in [2.75, 3.05) is 26.2 Å². The number of tetrazole rings is 1. The van der Waals surface area contributed by atoms with Crippen LogP contribution in [-0.2, 0) is 11.3 Å². The molecule has 1 amide bonds. The SMILES string of the molecule is CC(C)N1CCCN(C(=O)CCCn2nnc(-c3ccc(F)cc3)n2)CC1. The molecule has 0 unspecified atom stereocenters. The topological polar surface area (TPSA) is 67.2 Å². The van der Waals surface area contributed by atoms with Crippen molar-refractivity contribution in [1.82, 2.24) is 30.0 Å². The van der Waals surface area contributed by atoms with Gasteiger partial charge in [-0.2, -0.15) is 4.80 Å². The summed E-state index contributed by atoms with van der Waals surface area (Å²) < 4.78 is 13.0. The summed E-state index contributed by atoms with van der Waals surface area (Å²) in [5, 5.41) is 12.3. The first kappa shape index (κ1) is 19.4. The fraction of sp³-hybridized carbons (Fsp3) is 0.579. The Hall–Kier alpha value is -2.35. The Morgan fingerprint density at radius 2 is 1.93 bits per heavy atom. The normalized spacial score (nSPS) is 15.9. The van der Waals surface area contributed by atoms with E-state index in [2.05, 4.69) is 34.2 Å². The number of nitrogens with zero attached hydrogens (tertiary/aromatic N) is 6. The third kappa shape index (κ3) is 5.32. The quantitative estimate of drug-likeness (QED) is 0.775. The van der Waals surface area contributed by atoms with Crippen LogP contribution in [0.4, 0.5) is 4.39 Å². The van der Waals surface area contributed by atoms with E-state index in [0.717, 1.165) is 38.2 Å². The van der Waals surface area contributed by atoms with Crippen LogP contribution in [0, 0.1) is 5.82 Å². The average Bonchev–Trinajstić information content (AvgIpc) is 2.97. The number of hydrogen-bond acceptors (Lipinski definition) is 5. The Bertz CT molecular complexity index is 745. The highest BCUT2D eigenvalue weighted by atomic mass is 19.1. The zero-order valence-corrected chi connectivity index (χ0v) is 16.0. The number of aryl methyl sites for hydroxylation is 1. The van der Waals surface area contributed by atoms with Crippen LogP contribution < -0.4 is 0 Å². The molecule has 0 saturated carbocycles. The molecule has 7 nitrogen and oxygen atoms in total. The van der Waals surface area contributed by atoms with Crippen LogP contribution in [0.1, 0.15) is 33.1 Å². The fourth-order valence-corrected chi connectivity index (χ4v) is 3.29. The van der Waals surface area contributed by atoms with Gasteiger partial charge in [0, 0.05) is 44.2 Å². The maximum absolute atomic E-state index is 13.0. The molecule has 0 bridgehead atoms. The van der Waals surface area contributed by atoms with E-state index in [4.69, 9.17) is 0 Å². The van der Waals surface area contributed by atoms with Crippen molar-refractivity contribution in [3.05, 3.63) is 30.1 Å². The molecule has 146 valence electrons. The largest absolute Gasteiger partial charge is 0.341 e. The maximum atomic E-state index is 13.0. The minimum absolute atomic E-state index is 0.194. The molecular formula is C19H27FN6O. The van der Waals surface area contributed by atoms with E-state index >= 15 is 0 Å². The van der Waals surface area contributed by atoms with E-state index in [1.165, 1.54) is 16.9 Å². The molecule has 0 aliphatic carbocycles. The molecule has 27 heavy (non-hydrogen) atoms. The first-order valence-corrected chi connectivity index (χ1v) is 9.58. The van der Waals surface area contributed by atoms with Gasteiger partial charge in [-0.1, -0.05) is 0 Å². The number of halogens is 1. The molecule has 8 heteroatoms. The van der Waals surface area contributed by atoms with Crippen LogP contribution in [-0.4, -0.2) is 68.1 Å². The second kappa shape index (κ2) is 9.03. The van der Waals surface area contributed by atoms with Gasteiger partial charge in [0.1, 0.15) is 5.82 Å². The molecule has 0 N–H and O–H groups in total. The predicted molar refractivity (Wildman–Crippen MR) is 100 cm³/mol. The number of carbonyl (C=O) groups excluding carboxylic acids is 1. The number of carbonyl (C=O) groups is 1. The van der Waals surface area contributed by atoms with Crippen LogP contribution in [0.2, 0.25) is 0 Å². The molecule has 0 atom stereocenters. The first-order valence-electron chi connectivity index (χ1n) is 9.58. The van der Waals surface area contributed by atoms with E-state index in [9.17, 15) is 9.18 Å². The van der Waals surface area contributed by atoms with Crippen LogP contribution in [0.5, 0.6) is 0 Å². The second-order valence-corrected chi connectivity index (χ2v) is 7.18. The van der Waals surface area contributed by atoms with Gasteiger partial charge in [0.2, 0.25) is 11.7 Å². The Kier molecular flexibility index (Phi) is 6.49. The number of aromatic nitrogens is 4. The van der Waals surface area contributed by atoms with Gasteiger partial charge in [0.15, 0.2) is 0 Å². The molecule has 0 radical (unpaired) electrons. The summed E-state index contributed by atoms with van der Waals surface area (Å²) in [6.07, 6.45) is 2.17. The monoisotopic (exact) mass is 374 g/mol. The first-order chi connectivity index (χ1) is 13.0. The average molecular weight is 374 g/mol. The summed E-state index contributed by atoms with van der Waals surface area (Å²) >= 11 is 0. The summed E-state index contributed by atoms with van der Waals surface area (Å²) in [6.45, 7) is 8.55. The molecule has 3 rings (SSSR count). The van der Waals surface area contributed by atoms with Gasteiger partial charge < -0.3 is 4.90 Å². The van der Waals surface area contributed by atoms with E-state index in [1.807, 2.05) is 4.90 Å². The number of rotatable bonds is 6. The molecule has 1 aliphatic rings. The summed E-state index contributed by atoms with van der Waals surface area (Å²) in [5.74, 6) is 0.358. The number of amides is 1. The maximum Gasteiger partial charge on any atom is 0.222 e. The van der Waals surface area contributed by atoms with E-state index in [0.29, 0.717) is 31.3 Å². The van der Waals surface area contributed by atoms with Crippen molar-refractivity contribution in [2.45, 2.75) is 45.7 Å². The lowest BCUT2D eigenvalue weighted by molar-refractivity contribution is -0.131. The number of benzene rings is 1. The molecule has 1 saturated heterocycles. The Balaban J connectivity index is 1.46. The zero-order chi connectivity index (χ0) is 19.2. The van der Waals surface area contributed by atoms with Gasteiger partial charge in [-0.3, -0.25) is 9.69 Å². The molecule has 1 fully saturated rings. The van der Waals surface area contributed by atoms with Crippen molar-refractivity contribution in [3.63, 3.8) is 0 Å². The molecule has 1 aromatic carbocycles. The lowest BCUT2D eigenvalue weighted by atomic mass is 10.2. The zero-order valence-electron chi connectivity index (χ0n) is 16.0. The Morgan fingerprint density at radius 1 is 1.15 bits per heavy atom. The summed E-state index contributed by atoms with van der Waals surface area (Å²) in [5.41, 5.74) is 0.720. The number of hydrogen-bond donors (Lipinski definition) is 0. The van der Waals surface area contributed by atoms with Gasteiger partial charge in [-0.25, -0.2) is 4.39 Å². The van der Waals surface area contributed by atoms with E-state index in [1.54, 1.807) is 12.1 Å². The molecule has 2 heterocycles. The Labute approximate surface area is 159 Å². The molecule has 2 aromatic rings. The highest BCUT2D eigenvalue weighted by Gasteiger charge is 2.20. The van der Waals surface area contributed by atoms with Gasteiger partial charge >= 0.3 is 0 Å². The lowest BCUT2D eigenvalue weighted by Crippen LogP contribution is -2.37. The molecule has 0 spiro atoms. The van der Waals surface area contributed by atoms with Crippen molar-refractivity contribution >= 4 is 5.91 Å². The highest BCUT2D eigenvalue weighted by Crippen LogP contribution is 2.14. The third-order valence-electron chi connectivity index (χ3n) is 4.92. The second-order valence-electron chi connectivity index (χ2n) is 7.18. The van der Waals surface area contributed by atoms with Gasteiger partial charge in [0.05, 0.1) is 6.54 Å². The fourth-order valence-electron chi connectivity index (χ4n) is 3.29. The predicted octanol–water partition coefficient (Wildman–Crippen LogP) is 2.20. The van der Waals surface area contributed by atoms with Crippen LogP contribution >= 0.6 is 0 Å². The van der Waals surface area contributed by atoms with Crippen molar-refractivity contribution in [1.29, 1.82) is 0 Å². The van der Waals surface area contributed by atoms with Crippen molar-refractivity contribution < 1.29 is 9.18 Å². The van der Waals surface area contributed by atoms with Crippen molar-refractivity contribution in [2.24, 2.45) is 0 Å². The smallest absolute Gasteiger partial charge is 0.222 e.